The number of unbranched alkanes of at least 4 members (excludes halogenated alkanes) is 1. The van der Waals surface area contributed by atoms with E-state index in [1.165, 1.54) is 6.08 Å². The molecule has 0 N–H and O–H groups in total. The minimum absolute atomic E-state index is 0.0921. The van der Waals surface area contributed by atoms with E-state index in [1.54, 1.807) is 25.1 Å². The van der Waals surface area contributed by atoms with Gasteiger partial charge in [0.05, 0.1) is 12.2 Å². The predicted octanol–water partition coefficient (Wildman–Crippen LogP) is 3.19. The van der Waals surface area contributed by atoms with Crippen molar-refractivity contribution in [3.05, 3.63) is 41.0 Å². The van der Waals surface area contributed by atoms with Gasteiger partial charge in [-0.15, -0.1) is 0 Å². The van der Waals surface area contributed by atoms with Gasteiger partial charge in [0.2, 0.25) is 0 Å². The van der Waals surface area contributed by atoms with E-state index in [2.05, 4.69) is 6.92 Å². The van der Waals surface area contributed by atoms with Crippen molar-refractivity contribution < 1.29 is 14.3 Å². The molecule has 94 valence electrons. The highest BCUT2D eigenvalue weighted by Gasteiger charge is 2.26. The fourth-order valence-electron chi connectivity index (χ4n) is 1.97. The zero-order valence-corrected chi connectivity index (χ0v) is 10.7. The smallest absolute Gasteiger partial charge is 0.190 e. The second kappa shape index (κ2) is 5.17. The zero-order chi connectivity index (χ0) is 13.1. The quantitative estimate of drug-likeness (QED) is 0.764. The minimum Gasteiger partial charge on any atom is -0.493 e. The lowest BCUT2D eigenvalue weighted by molar-refractivity contribution is 0.0981. The Morgan fingerprint density at radius 3 is 2.72 bits per heavy atom. The van der Waals surface area contributed by atoms with E-state index in [0.29, 0.717) is 29.1 Å². The molecular weight excluding hydrogens is 228 g/mol. The molecule has 0 fully saturated rings. The van der Waals surface area contributed by atoms with Crippen molar-refractivity contribution in [3.63, 3.8) is 0 Å². The molecule has 0 heterocycles. The average molecular weight is 244 g/mol. The number of ketones is 2. The van der Waals surface area contributed by atoms with Crippen LogP contribution in [0.3, 0.4) is 0 Å². The van der Waals surface area contributed by atoms with Crippen LogP contribution >= 0.6 is 0 Å². The summed E-state index contributed by atoms with van der Waals surface area (Å²) in [5.41, 5.74) is 1.34. The number of hydrogen-bond acceptors (Lipinski definition) is 3. The lowest BCUT2D eigenvalue weighted by atomic mass is 9.89. The number of benzene rings is 1. The summed E-state index contributed by atoms with van der Waals surface area (Å²) in [6.07, 6.45) is 3.35. The Morgan fingerprint density at radius 1 is 1.22 bits per heavy atom. The van der Waals surface area contributed by atoms with Crippen LogP contribution < -0.4 is 4.74 Å². The molecule has 0 amide bonds. The Hall–Kier alpha value is -1.90. The Bertz CT molecular complexity index is 527. The first-order valence-electron chi connectivity index (χ1n) is 6.18. The van der Waals surface area contributed by atoms with Crippen LogP contribution in [0.2, 0.25) is 0 Å². The Morgan fingerprint density at radius 2 is 2.00 bits per heavy atom. The molecule has 0 radical (unpaired) electrons. The van der Waals surface area contributed by atoms with Crippen LogP contribution in [-0.2, 0) is 0 Å². The first-order valence-corrected chi connectivity index (χ1v) is 6.18. The molecule has 0 aromatic heterocycles. The Balaban J connectivity index is 2.37. The van der Waals surface area contributed by atoms with Gasteiger partial charge in [0, 0.05) is 11.1 Å². The van der Waals surface area contributed by atoms with Gasteiger partial charge in [0.25, 0.3) is 0 Å². The lowest BCUT2D eigenvalue weighted by Gasteiger charge is -2.16. The van der Waals surface area contributed by atoms with Gasteiger partial charge in [-0.1, -0.05) is 25.5 Å². The number of fused-ring (bicyclic) bond motifs is 1. The van der Waals surface area contributed by atoms with E-state index in [4.69, 9.17) is 4.74 Å². The molecule has 0 saturated carbocycles. The second-order valence-corrected chi connectivity index (χ2v) is 4.40. The molecule has 0 atom stereocenters. The van der Waals surface area contributed by atoms with Crippen molar-refractivity contribution in [1.29, 1.82) is 0 Å². The summed E-state index contributed by atoms with van der Waals surface area (Å²) in [4.78, 5) is 24.0. The molecular formula is C15H16O3. The topological polar surface area (TPSA) is 43.4 Å². The molecule has 1 aliphatic rings. The molecule has 0 spiro atoms. The third-order valence-electron chi connectivity index (χ3n) is 2.98. The highest BCUT2D eigenvalue weighted by atomic mass is 16.5. The van der Waals surface area contributed by atoms with Crippen LogP contribution in [0.5, 0.6) is 5.75 Å². The lowest BCUT2D eigenvalue weighted by Crippen LogP contribution is -2.17. The van der Waals surface area contributed by atoms with Crippen LogP contribution in [0.1, 0.15) is 47.4 Å². The Kier molecular flexibility index (Phi) is 3.60. The summed E-state index contributed by atoms with van der Waals surface area (Å²) < 4.78 is 5.60. The maximum atomic E-state index is 12.0. The van der Waals surface area contributed by atoms with Crippen molar-refractivity contribution in [1.82, 2.24) is 0 Å². The van der Waals surface area contributed by atoms with E-state index in [9.17, 15) is 9.59 Å². The molecule has 0 unspecified atom stereocenters. The van der Waals surface area contributed by atoms with Crippen molar-refractivity contribution in [2.45, 2.75) is 26.7 Å². The monoisotopic (exact) mass is 244 g/mol. The van der Waals surface area contributed by atoms with Crippen molar-refractivity contribution in [2.75, 3.05) is 6.61 Å². The van der Waals surface area contributed by atoms with Gasteiger partial charge in [-0.05, 0) is 25.5 Å². The Labute approximate surface area is 106 Å². The highest BCUT2D eigenvalue weighted by molar-refractivity contribution is 6.25. The van der Waals surface area contributed by atoms with Gasteiger partial charge >= 0.3 is 0 Å². The molecule has 2 rings (SSSR count). The van der Waals surface area contributed by atoms with Crippen LogP contribution in [0.4, 0.5) is 0 Å². The summed E-state index contributed by atoms with van der Waals surface area (Å²) in [7, 11) is 0. The van der Waals surface area contributed by atoms with E-state index in [1.807, 2.05) is 0 Å². The third-order valence-corrected chi connectivity index (χ3v) is 2.98. The fraction of sp³-hybridized carbons (Fsp3) is 0.333. The van der Waals surface area contributed by atoms with E-state index in [-0.39, 0.29) is 11.6 Å². The standard InChI is InChI=1S/C15H16O3/c1-3-4-8-18-13-7-5-6-11-14(13)12(16)9-10(2)15(11)17/h5-7,9H,3-4,8H2,1-2H3. The summed E-state index contributed by atoms with van der Waals surface area (Å²) in [6, 6.07) is 5.18. The largest absolute Gasteiger partial charge is 0.493 e. The number of Topliss-reactive ketones (excluding diaryl/α,β-unsaturated/α-hetero) is 1. The molecule has 0 aliphatic heterocycles. The molecule has 3 nitrogen and oxygen atoms in total. The molecule has 0 bridgehead atoms. The SMILES string of the molecule is CCCCOc1cccc2c1C(=O)C=C(C)C2=O. The second-order valence-electron chi connectivity index (χ2n) is 4.40. The van der Waals surface area contributed by atoms with Gasteiger partial charge in [-0.3, -0.25) is 9.59 Å². The van der Waals surface area contributed by atoms with Gasteiger partial charge in [-0.2, -0.15) is 0 Å². The molecule has 1 aromatic rings. The minimum atomic E-state index is -0.144. The van der Waals surface area contributed by atoms with Crippen LogP contribution in [-0.4, -0.2) is 18.2 Å². The number of carbonyl (C=O) groups is 2. The summed E-state index contributed by atoms with van der Waals surface area (Å²) >= 11 is 0. The first kappa shape index (κ1) is 12.6. The maximum Gasteiger partial charge on any atom is 0.190 e. The van der Waals surface area contributed by atoms with Gasteiger partial charge in [0.1, 0.15) is 5.75 Å². The number of rotatable bonds is 4. The average Bonchev–Trinajstić information content (AvgIpc) is 2.36. The predicted molar refractivity (Wildman–Crippen MR) is 69.3 cm³/mol. The highest BCUT2D eigenvalue weighted by Crippen LogP contribution is 2.29. The fourth-order valence-corrected chi connectivity index (χ4v) is 1.97. The molecule has 3 heteroatoms. The molecule has 18 heavy (non-hydrogen) atoms. The van der Waals surface area contributed by atoms with E-state index < -0.39 is 0 Å². The van der Waals surface area contributed by atoms with Gasteiger partial charge in [0.15, 0.2) is 11.6 Å². The van der Waals surface area contributed by atoms with Crippen molar-refractivity contribution >= 4 is 11.6 Å². The summed E-state index contributed by atoms with van der Waals surface area (Å²) in [5, 5.41) is 0. The van der Waals surface area contributed by atoms with Crippen LogP contribution in [0, 0.1) is 0 Å². The van der Waals surface area contributed by atoms with E-state index >= 15 is 0 Å². The number of hydrogen-bond donors (Lipinski definition) is 0. The third kappa shape index (κ3) is 2.21. The number of carbonyl (C=O) groups excluding carboxylic acids is 2. The first-order chi connectivity index (χ1) is 8.65. The molecule has 1 aliphatic carbocycles. The van der Waals surface area contributed by atoms with Crippen LogP contribution in [0.15, 0.2) is 29.8 Å². The van der Waals surface area contributed by atoms with Crippen LogP contribution in [0.25, 0.3) is 0 Å². The van der Waals surface area contributed by atoms with Crippen molar-refractivity contribution in [3.8, 4) is 5.75 Å². The molecule has 0 saturated heterocycles. The normalized spacial score (nSPS) is 14.2. The summed E-state index contributed by atoms with van der Waals surface area (Å²) in [5.74, 6) is 0.280. The molecule has 1 aromatic carbocycles. The number of ether oxygens (including phenoxy) is 1. The maximum absolute atomic E-state index is 12.0. The van der Waals surface area contributed by atoms with Crippen molar-refractivity contribution in [2.24, 2.45) is 0 Å². The zero-order valence-electron chi connectivity index (χ0n) is 10.7. The number of allylic oxidation sites excluding steroid dienone is 2. The summed E-state index contributed by atoms with van der Waals surface area (Å²) in [6.45, 7) is 4.30. The van der Waals surface area contributed by atoms with Gasteiger partial charge in [-0.25, -0.2) is 0 Å². The van der Waals surface area contributed by atoms with E-state index in [0.717, 1.165) is 12.8 Å². The van der Waals surface area contributed by atoms with Gasteiger partial charge < -0.3 is 4.74 Å².